The molecule has 7 heteroatoms. The molecular weight excluding hydrogens is 274 g/mol. The lowest BCUT2D eigenvalue weighted by molar-refractivity contribution is -0.384. The van der Waals surface area contributed by atoms with Crippen molar-refractivity contribution in [2.24, 2.45) is 0 Å². The lowest BCUT2D eigenvalue weighted by Gasteiger charge is -2.04. The molecule has 2 heterocycles. The standard InChI is InChI=1S/C14H9N3O4/c18-13-8-11(9-3-1-4-10(7-9)17(19)20)15-14(16-13)12-5-2-6-21-12/h1-8H,(H,15,16,18). The van der Waals surface area contributed by atoms with E-state index in [2.05, 4.69) is 9.97 Å². The molecule has 0 aliphatic carbocycles. The minimum Gasteiger partial charge on any atom is -0.493 e. The smallest absolute Gasteiger partial charge is 0.270 e. The van der Waals surface area contributed by atoms with Gasteiger partial charge >= 0.3 is 0 Å². The fraction of sp³-hybridized carbons (Fsp3) is 0. The summed E-state index contributed by atoms with van der Waals surface area (Å²) in [7, 11) is 0. The Morgan fingerprint density at radius 3 is 2.71 bits per heavy atom. The van der Waals surface area contributed by atoms with E-state index >= 15 is 0 Å². The zero-order valence-electron chi connectivity index (χ0n) is 10.6. The Bertz CT molecular complexity index is 800. The van der Waals surface area contributed by atoms with Crippen molar-refractivity contribution in [3.8, 4) is 28.7 Å². The highest BCUT2D eigenvalue weighted by Crippen LogP contribution is 2.27. The number of aromatic hydroxyl groups is 1. The Labute approximate surface area is 118 Å². The number of nitro benzene ring substituents is 1. The molecule has 7 nitrogen and oxygen atoms in total. The number of benzene rings is 1. The van der Waals surface area contributed by atoms with E-state index in [1.54, 1.807) is 24.3 Å². The summed E-state index contributed by atoms with van der Waals surface area (Å²) in [6.07, 6.45) is 1.47. The average Bonchev–Trinajstić information content (AvgIpc) is 3.01. The molecule has 0 amide bonds. The van der Waals surface area contributed by atoms with Crippen LogP contribution in [0, 0.1) is 10.1 Å². The monoisotopic (exact) mass is 283 g/mol. The quantitative estimate of drug-likeness (QED) is 0.585. The minimum atomic E-state index is -0.488. The average molecular weight is 283 g/mol. The maximum Gasteiger partial charge on any atom is 0.270 e. The third-order valence-corrected chi connectivity index (χ3v) is 2.81. The normalized spacial score (nSPS) is 10.5. The van der Waals surface area contributed by atoms with Crippen LogP contribution >= 0.6 is 0 Å². The molecule has 0 fully saturated rings. The summed E-state index contributed by atoms with van der Waals surface area (Å²) < 4.78 is 5.18. The van der Waals surface area contributed by atoms with Crippen LogP contribution in [0.2, 0.25) is 0 Å². The second kappa shape index (κ2) is 5.04. The van der Waals surface area contributed by atoms with Crippen molar-refractivity contribution in [3.05, 3.63) is 58.8 Å². The van der Waals surface area contributed by atoms with Gasteiger partial charge in [-0.05, 0) is 12.1 Å². The van der Waals surface area contributed by atoms with Gasteiger partial charge in [0.15, 0.2) is 11.6 Å². The second-order valence-electron chi connectivity index (χ2n) is 4.22. The van der Waals surface area contributed by atoms with Gasteiger partial charge in [0.25, 0.3) is 5.69 Å². The maximum absolute atomic E-state index is 10.8. The predicted molar refractivity (Wildman–Crippen MR) is 73.5 cm³/mol. The second-order valence-corrected chi connectivity index (χ2v) is 4.22. The molecule has 0 bridgehead atoms. The molecule has 0 atom stereocenters. The molecule has 1 N–H and O–H groups in total. The van der Waals surface area contributed by atoms with E-state index in [-0.39, 0.29) is 17.4 Å². The van der Waals surface area contributed by atoms with Gasteiger partial charge in [0.2, 0.25) is 5.88 Å². The number of furan rings is 1. The van der Waals surface area contributed by atoms with E-state index in [4.69, 9.17) is 4.42 Å². The van der Waals surface area contributed by atoms with Crippen molar-refractivity contribution in [2.75, 3.05) is 0 Å². The highest BCUT2D eigenvalue weighted by atomic mass is 16.6. The first kappa shape index (κ1) is 12.8. The Kier molecular flexibility index (Phi) is 3.07. The lowest BCUT2D eigenvalue weighted by Crippen LogP contribution is -1.93. The van der Waals surface area contributed by atoms with Crippen LogP contribution in [0.4, 0.5) is 5.69 Å². The van der Waals surface area contributed by atoms with Crippen molar-refractivity contribution in [3.63, 3.8) is 0 Å². The van der Waals surface area contributed by atoms with Crippen LogP contribution < -0.4 is 0 Å². The van der Waals surface area contributed by atoms with E-state index in [0.717, 1.165) is 0 Å². The summed E-state index contributed by atoms with van der Waals surface area (Å²) in [5, 5.41) is 20.5. The van der Waals surface area contributed by atoms with Crippen molar-refractivity contribution in [1.82, 2.24) is 9.97 Å². The van der Waals surface area contributed by atoms with Crippen molar-refractivity contribution in [1.29, 1.82) is 0 Å². The number of aromatic nitrogens is 2. The molecule has 2 aromatic heterocycles. The van der Waals surface area contributed by atoms with Crippen molar-refractivity contribution >= 4 is 5.69 Å². The number of hydrogen-bond donors (Lipinski definition) is 1. The van der Waals surface area contributed by atoms with E-state index in [1.165, 1.54) is 24.5 Å². The Balaban J connectivity index is 2.10. The fourth-order valence-corrected chi connectivity index (χ4v) is 1.88. The largest absolute Gasteiger partial charge is 0.493 e. The summed E-state index contributed by atoms with van der Waals surface area (Å²) in [5.74, 6) is 0.372. The third kappa shape index (κ3) is 2.57. The van der Waals surface area contributed by atoms with Gasteiger partial charge in [0.05, 0.1) is 16.9 Å². The molecule has 0 aliphatic heterocycles. The van der Waals surface area contributed by atoms with E-state index in [0.29, 0.717) is 17.0 Å². The topological polar surface area (TPSA) is 102 Å². The molecule has 3 rings (SSSR count). The van der Waals surface area contributed by atoms with Gasteiger partial charge in [0, 0.05) is 23.8 Å². The number of hydrogen-bond acceptors (Lipinski definition) is 6. The van der Waals surface area contributed by atoms with Gasteiger partial charge < -0.3 is 9.52 Å². The van der Waals surface area contributed by atoms with Crippen LogP contribution in [0.25, 0.3) is 22.8 Å². The van der Waals surface area contributed by atoms with Crippen LogP contribution in [0.3, 0.4) is 0 Å². The van der Waals surface area contributed by atoms with Crippen LogP contribution in [-0.4, -0.2) is 20.0 Å². The molecule has 3 aromatic rings. The third-order valence-electron chi connectivity index (χ3n) is 2.81. The van der Waals surface area contributed by atoms with E-state index < -0.39 is 4.92 Å². The predicted octanol–water partition coefficient (Wildman–Crippen LogP) is 3.02. The molecule has 0 unspecified atom stereocenters. The molecule has 0 radical (unpaired) electrons. The van der Waals surface area contributed by atoms with Gasteiger partial charge in [-0.25, -0.2) is 4.98 Å². The number of nitrogens with zero attached hydrogens (tertiary/aromatic N) is 3. The summed E-state index contributed by atoms with van der Waals surface area (Å²) in [4.78, 5) is 18.5. The van der Waals surface area contributed by atoms with Crippen molar-refractivity contribution in [2.45, 2.75) is 0 Å². The summed E-state index contributed by atoms with van der Waals surface area (Å²) in [5.41, 5.74) is 0.831. The number of non-ortho nitro benzene ring substituents is 1. The maximum atomic E-state index is 10.8. The van der Waals surface area contributed by atoms with Crippen LogP contribution in [0.15, 0.2) is 53.1 Å². The first-order valence-corrected chi connectivity index (χ1v) is 6.00. The highest BCUT2D eigenvalue weighted by molar-refractivity contribution is 5.65. The molecule has 0 saturated heterocycles. The summed E-state index contributed by atoms with van der Waals surface area (Å²) in [6, 6.07) is 10.7. The Morgan fingerprint density at radius 2 is 2.00 bits per heavy atom. The zero-order valence-corrected chi connectivity index (χ0v) is 10.6. The number of nitro groups is 1. The molecule has 0 spiro atoms. The van der Waals surface area contributed by atoms with E-state index in [9.17, 15) is 15.2 Å². The first-order chi connectivity index (χ1) is 10.1. The highest BCUT2D eigenvalue weighted by Gasteiger charge is 2.12. The molecular formula is C14H9N3O4. The lowest BCUT2D eigenvalue weighted by atomic mass is 10.1. The van der Waals surface area contributed by atoms with Crippen LogP contribution in [0.1, 0.15) is 0 Å². The van der Waals surface area contributed by atoms with Gasteiger partial charge in [-0.3, -0.25) is 10.1 Å². The van der Waals surface area contributed by atoms with E-state index in [1.807, 2.05) is 0 Å². The SMILES string of the molecule is O=[N+]([O-])c1cccc(-c2cc(O)nc(-c3ccco3)n2)c1. The van der Waals surface area contributed by atoms with Gasteiger partial charge in [-0.15, -0.1) is 0 Å². The molecule has 0 saturated carbocycles. The first-order valence-electron chi connectivity index (χ1n) is 6.00. The van der Waals surface area contributed by atoms with Gasteiger partial charge in [-0.1, -0.05) is 12.1 Å². The summed E-state index contributed by atoms with van der Waals surface area (Å²) >= 11 is 0. The molecule has 21 heavy (non-hydrogen) atoms. The number of rotatable bonds is 3. The fourth-order valence-electron chi connectivity index (χ4n) is 1.88. The Hall–Kier alpha value is -3.22. The van der Waals surface area contributed by atoms with Gasteiger partial charge in [-0.2, -0.15) is 4.98 Å². The van der Waals surface area contributed by atoms with Crippen LogP contribution in [0.5, 0.6) is 5.88 Å². The Morgan fingerprint density at radius 1 is 1.14 bits per heavy atom. The minimum absolute atomic E-state index is 0.0508. The molecule has 0 aliphatic rings. The van der Waals surface area contributed by atoms with Gasteiger partial charge in [0.1, 0.15) is 0 Å². The molecule has 104 valence electrons. The van der Waals surface area contributed by atoms with Crippen LogP contribution in [-0.2, 0) is 0 Å². The zero-order chi connectivity index (χ0) is 14.8. The summed E-state index contributed by atoms with van der Waals surface area (Å²) in [6.45, 7) is 0. The molecule has 1 aromatic carbocycles. The van der Waals surface area contributed by atoms with Crippen molar-refractivity contribution < 1.29 is 14.4 Å².